The number of methoxy groups -OCH3 is 1. The third-order valence-electron chi connectivity index (χ3n) is 2.14. The summed E-state index contributed by atoms with van der Waals surface area (Å²) in [6.07, 6.45) is 1.40. The summed E-state index contributed by atoms with van der Waals surface area (Å²) in [6.45, 7) is 1.06. The van der Waals surface area contributed by atoms with Crippen LogP contribution in [-0.4, -0.2) is 49.7 Å². The fourth-order valence-corrected chi connectivity index (χ4v) is 1.19. The van der Waals surface area contributed by atoms with Crippen molar-refractivity contribution in [2.24, 2.45) is 0 Å². The number of carboxylic acids is 1. The van der Waals surface area contributed by atoms with Gasteiger partial charge in [0, 0.05) is 19.4 Å². The minimum absolute atomic E-state index is 0.0910. The van der Waals surface area contributed by atoms with E-state index in [0.717, 1.165) is 0 Å². The molecule has 7 heteroatoms. The van der Waals surface area contributed by atoms with Crippen LogP contribution in [0, 0.1) is 0 Å². The highest BCUT2D eigenvalue weighted by atomic mass is 16.5. The molecule has 0 saturated carbocycles. The second-order valence-corrected chi connectivity index (χ2v) is 3.70. The summed E-state index contributed by atoms with van der Waals surface area (Å²) in [4.78, 5) is 32.2. The maximum Gasteiger partial charge on any atom is 0.305 e. The third-order valence-corrected chi connectivity index (χ3v) is 2.14. The lowest BCUT2D eigenvalue weighted by Gasteiger charge is -2.05. The van der Waals surface area contributed by atoms with Crippen molar-refractivity contribution in [1.82, 2.24) is 10.6 Å². The Kier molecular flexibility index (Phi) is 9.57. The number of carboxylic acid groups (broad SMARTS) is 1. The molecular formula is C11H20N2O5. The highest BCUT2D eigenvalue weighted by Crippen LogP contribution is 1.89. The molecule has 0 bridgehead atoms. The van der Waals surface area contributed by atoms with Crippen LogP contribution in [0.4, 0.5) is 0 Å². The molecule has 0 saturated heterocycles. The van der Waals surface area contributed by atoms with Crippen molar-refractivity contribution in [2.45, 2.75) is 25.7 Å². The molecule has 1 amide bonds. The van der Waals surface area contributed by atoms with E-state index in [-0.39, 0.29) is 31.3 Å². The molecule has 18 heavy (non-hydrogen) atoms. The SMILES string of the molecule is COC(=O)CCCNC(=O)CNCCCC(=O)O. The van der Waals surface area contributed by atoms with Crippen molar-refractivity contribution in [3.63, 3.8) is 0 Å². The lowest BCUT2D eigenvalue weighted by molar-refractivity contribution is -0.141. The number of ether oxygens (including phenoxy) is 1. The standard InChI is InChI=1S/C11H20N2O5/c1-18-11(17)5-3-7-13-9(14)8-12-6-2-4-10(15)16/h12H,2-8H2,1H3,(H,13,14)(H,15,16). The Morgan fingerprint density at radius 3 is 2.39 bits per heavy atom. The highest BCUT2D eigenvalue weighted by Gasteiger charge is 2.02. The molecule has 0 unspecified atom stereocenters. The normalized spacial score (nSPS) is 9.83. The molecule has 0 heterocycles. The number of nitrogens with one attached hydrogen (secondary N) is 2. The molecule has 0 fully saturated rings. The maximum absolute atomic E-state index is 11.2. The summed E-state index contributed by atoms with van der Waals surface area (Å²) in [7, 11) is 1.32. The van der Waals surface area contributed by atoms with Crippen molar-refractivity contribution >= 4 is 17.8 Å². The van der Waals surface area contributed by atoms with Crippen molar-refractivity contribution in [3.05, 3.63) is 0 Å². The summed E-state index contributed by atoms with van der Waals surface area (Å²) in [5.41, 5.74) is 0. The van der Waals surface area contributed by atoms with Crippen molar-refractivity contribution in [3.8, 4) is 0 Å². The number of esters is 1. The van der Waals surface area contributed by atoms with E-state index in [2.05, 4.69) is 15.4 Å². The van der Waals surface area contributed by atoms with Gasteiger partial charge in [0.1, 0.15) is 0 Å². The molecule has 3 N–H and O–H groups in total. The zero-order chi connectivity index (χ0) is 13.8. The minimum Gasteiger partial charge on any atom is -0.481 e. The molecule has 0 radical (unpaired) electrons. The second-order valence-electron chi connectivity index (χ2n) is 3.70. The Labute approximate surface area is 106 Å². The third kappa shape index (κ3) is 10.9. The molecule has 0 rings (SSSR count). The fraction of sp³-hybridized carbons (Fsp3) is 0.727. The summed E-state index contributed by atoms with van der Waals surface area (Å²) in [5.74, 6) is -1.31. The van der Waals surface area contributed by atoms with Gasteiger partial charge in [0.25, 0.3) is 0 Å². The van der Waals surface area contributed by atoms with E-state index in [1.54, 1.807) is 0 Å². The quantitative estimate of drug-likeness (QED) is 0.361. The van der Waals surface area contributed by atoms with Gasteiger partial charge >= 0.3 is 11.9 Å². The molecule has 0 spiro atoms. The molecule has 0 aromatic heterocycles. The molecule has 0 aliphatic carbocycles. The summed E-state index contributed by atoms with van der Waals surface area (Å²) in [5, 5.41) is 13.9. The van der Waals surface area contributed by atoms with Crippen LogP contribution < -0.4 is 10.6 Å². The number of carbonyl (C=O) groups excluding carboxylic acids is 2. The van der Waals surface area contributed by atoms with Gasteiger partial charge in [0.15, 0.2) is 0 Å². The monoisotopic (exact) mass is 260 g/mol. The lowest BCUT2D eigenvalue weighted by Crippen LogP contribution is -2.35. The van der Waals surface area contributed by atoms with Crippen molar-refractivity contribution < 1.29 is 24.2 Å². The molecular weight excluding hydrogens is 240 g/mol. The van der Waals surface area contributed by atoms with Crippen LogP contribution in [0.2, 0.25) is 0 Å². The Balaban J connectivity index is 3.32. The number of rotatable bonds is 10. The summed E-state index contributed by atoms with van der Waals surface area (Å²) < 4.78 is 4.46. The van der Waals surface area contributed by atoms with E-state index in [9.17, 15) is 14.4 Å². The Bertz CT molecular complexity index is 281. The van der Waals surface area contributed by atoms with E-state index in [0.29, 0.717) is 25.9 Å². The van der Waals surface area contributed by atoms with E-state index in [1.165, 1.54) is 7.11 Å². The molecule has 7 nitrogen and oxygen atoms in total. The van der Waals surface area contributed by atoms with Gasteiger partial charge in [0.2, 0.25) is 5.91 Å². The minimum atomic E-state index is -0.843. The van der Waals surface area contributed by atoms with Crippen LogP contribution >= 0.6 is 0 Å². The van der Waals surface area contributed by atoms with Gasteiger partial charge in [0.05, 0.1) is 13.7 Å². The second kappa shape index (κ2) is 10.5. The van der Waals surface area contributed by atoms with E-state index in [1.807, 2.05) is 0 Å². The lowest BCUT2D eigenvalue weighted by atomic mass is 10.3. The topological polar surface area (TPSA) is 105 Å². The first-order valence-electron chi connectivity index (χ1n) is 5.82. The maximum atomic E-state index is 11.2. The van der Waals surface area contributed by atoms with Crippen LogP contribution in [0.1, 0.15) is 25.7 Å². The Hall–Kier alpha value is -1.63. The fourth-order valence-electron chi connectivity index (χ4n) is 1.19. The van der Waals surface area contributed by atoms with Crippen molar-refractivity contribution in [2.75, 3.05) is 26.7 Å². The zero-order valence-corrected chi connectivity index (χ0v) is 10.5. The number of hydrogen-bond acceptors (Lipinski definition) is 5. The van der Waals surface area contributed by atoms with Gasteiger partial charge in [-0.1, -0.05) is 0 Å². The van der Waals surface area contributed by atoms with Crippen molar-refractivity contribution in [1.29, 1.82) is 0 Å². The smallest absolute Gasteiger partial charge is 0.305 e. The largest absolute Gasteiger partial charge is 0.481 e. The molecule has 0 aliphatic heterocycles. The first-order chi connectivity index (χ1) is 8.56. The Morgan fingerprint density at radius 2 is 1.78 bits per heavy atom. The number of aliphatic carboxylic acids is 1. The predicted molar refractivity (Wildman–Crippen MR) is 64.0 cm³/mol. The summed E-state index contributed by atoms with van der Waals surface area (Å²) >= 11 is 0. The molecule has 104 valence electrons. The average molecular weight is 260 g/mol. The number of hydrogen-bond donors (Lipinski definition) is 3. The molecule has 0 atom stereocenters. The van der Waals surface area contributed by atoms with Gasteiger partial charge in [-0.3, -0.25) is 14.4 Å². The van der Waals surface area contributed by atoms with E-state index in [4.69, 9.17) is 5.11 Å². The predicted octanol–water partition coefficient (Wildman–Crippen LogP) is -0.490. The van der Waals surface area contributed by atoms with Gasteiger partial charge in [-0.05, 0) is 19.4 Å². The number of amides is 1. The van der Waals surface area contributed by atoms with Gasteiger partial charge in [-0.15, -0.1) is 0 Å². The van der Waals surface area contributed by atoms with Gasteiger partial charge in [-0.25, -0.2) is 0 Å². The first-order valence-corrected chi connectivity index (χ1v) is 5.82. The zero-order valence-electron chi connectivity index (χ0n) is 10.5. The van der Waals surface area contributed by atoms with Crippen LogP contribution in [-0.2, 0) is 19.1 Å². The Morgan fingerprint density at radius 1 is 1.11 bits per heavy atom. The molecule has 0 aromatic rings. The summed E-state index contributed by atoms with van der Waals surface area (Å²) in [6, 6.07) is 0. The van der Waals surface area contributed by atoms with Crippen LogP contribution in [0.25, 0.3) is 0 Å². The van der Waals surface area contributed by atoms with Crippen LogP contribution in [0.3, 0.4) is 0 Å². The van der Waals surface area contributed by atoms with Gasteiger partial charge < -0.3 is 20.5 Å². The number of carbonyl (C=O) groups is 3. The van der Waals surface area contributed by atoms with Crippen LogP contribution in [0.15, 0.2) is 0 Å². The molecule has 0 aliphatic rings. The van der Waals surface area contributed by atoms with Crippen LogP contribution in [0.5, 0.6) is 0 Å². The van der Waals surface area contributed by atoms with Gasteiger partial charge in [-0.2, -0.15) is 0 Å². The van der Waals surface area contributed by atoms with E-state index < -0.39 is 5.97 Å². The highest BCUT2D eigenvalue weighted by molar-refractivity contribution is 5.78. The average Bonchev–Trinajstić information content (AvgIpc) is 2.33. The van der Waals surface area contributed by atoms with E-state index >= 15 is 0 Å². The molecule has 0 aromatic carbocycles. The first kappa shape index (κ1) is 16.4.